The van der Waals surface area contributed by atoms with E-state index in [0.717, 1.165) is 44.6 Å². The first-order valence-corrected chi connectivity index (χ1v) is 8.62. The largest absolute Gasteiger partial charge is 0.323 e. The zero-order valence-electron chi connectivity index (χ0n) is 13.0. The lowest BCUT2D eigenvalue weighted by Crippen LogP contribution is -2.55. The van der Waals surface area contributed by atoms with Crippen LogP contribution in [0.5, 0.6) is 0 Å². The summed E-state index contributed by atoms with van der Waals surface area (Å²) in [5.41, 5.74) is 2.24. The third-order valence-electron chi connectivity index (χ3n) is 4.89. The summed E-state index contributed by atoms with van der Waals surface area (Å²) in [6.45, 7) is 6.77. The van der Waals surface area contributed by atoms with Gasteiger partial charge < -0.3 is 10.2 Å². The standard InChI is InChI=1S/C15H22N4O2S/c1-10-12(22-9-16-10)5-7-19-6-3-4-11(8-19)15(2)13(20)17-14(21)18-15/h9,11H,3-8H2,1-2H3,(H2,17,18,20,21). The Hall–Kier alpha value is -1.47. The molecule has 7 heteroatoms. The van der Waals surface area contributed by atoms with Gasteiger partial charge in [0.05, 0.1) is 11.2 Å². The highest BCUT2D eigenvalue weighted by atomic mass is 32.1. The third kappa shape index (κ3) is 2.87. The molecular weight excluding hydrogens is 300 g/mol. The number of rotatable bonds is 4. The summed E-state index contributed by atoms with van der Waals surface area (Å²) in [5.74, 6) is -0.0297. The van der Waals surface area contributed by atoms with E-state index >= 15 is 0 Å². The maximum Gasteiger partial charge on any atom is 0.322 e. The third-order valence-corrected chi connectivity index (χ3v) is 5.89. The van der Waals surface area contributed by atoms with E-state index in [1.807, 2.05) is 19.4 Å². The van der Waals surface area contributed by atoms with Gasteiger partial charge in [0.1, 0.15) is 5.54 Å². The second-order valence-electron chi connectivity index (χ2n) is 6.36. The molecule has 0 spiro atoms. The number of urea groups is 1. The highest BCUT2D eigenvalue weighted by molar-refractivity contribution is 7.09. The van der Waals surface area contributed by atoms with Crippen molar-refractivity contribution in [3.8, 4) is 0 Å². The molecule has 0 aliphatic carbocycles. The van der Waals surface area contributed by atoms with Gasteiger partial charge in [0.15, 0.2) is 0 Å². The van der Waals surface area contributed by atoms with Gasteiger partial charge in [0.25, 0.3) is 5.91 Å². The highest BCUT2D eigenvalue weighted by Crippen LogP contribution is 2.29. The van der Waals surface area contributed by atoms with E-state index in [1.165, 1.54) is 4.88 Å². The van der Waals surface area contributed by atoms with E-state index in [-0.39, 0.29) is 17.9 Å². The van der Waals surface area contributed by atoms with Gasteiger partial charge in [-0.25, -0.2) is 9.78 Å². The van der Waals surface area contributed by atoms with E-state index in [2.05, 4.69) is 20.5 Å². The van der Waals surface area contributed by atoms with Crippen LogP contribution in [0.3, 0.4) is 0 Å². The number of carbonyl (C=O) groups is 2. The normalized spacial score (nSPS) is 29.5. The molecule has 2 aliphatic heterocycles. The number of hydrogen-bond acceptors (Lipinski definition) is 5. The van der Waals surface area contributed by atoms with Crippen molar-refractivity contribution in [2.24, 2.45) is 5.92 Å². The lowest BCUT2D eigenvalue weighted by atomic mass is 9.80. The van der Waals surface area contributed by atoms with Crippen LogP contribution in [0.1, 0.15) is 30.3 Å². The number of hydrogen-bond donors (Lipinski definition) is 2. The molecule has 2 aliphatic rings. The van der Waals surface area contributed by atoms with Gasteiger partial charge in [-0.2, -0.15) is 0 Å². The molecule has 120 valence electrons. The molecule has 3 amide bonds. The van der Waals surface area contributed by atoms with E-state index in [0.29, 0.717) is 0 Å². The Kier molecular flexibility index (Phi) is 4.18. The molecule has 1 aromatic heterocycles. The van der Waals surface area contributed by atoms with Crippen molar-refractivity contribution in [1.82, 2.24) is 20.5 Å². The average molecular weight is 322 g/mol. The lowest BCUT2D eigenvalue weighted by Gasteiger charge is -2.39. The van der Waals surface area contributed by atoms with Gasteiger partial charge in [0.2, 0.25) is 0 Å². The molecule has 2 saturated heterocycles. The average Bonchev–Trinajstić information content (AvgIpc) is 3.01. The Morgan fingerprint density at radius 3 is 2.95 bits per heavy atom. The zero-order valence-corrected chi connectivity index (χ0v) is 13.8. The molecule has 2 N–H and O–H groups in total. The van der Waals surface area contributed by atoms with E-state index in [1.54, 1.807) is 11.3 Å². The Morgan fingerprint density at radius 2 is 2.32 bits per heavy atom. The summed E-state index contributed by atoms with van der Waals surface area (Å²) in [4.78, 5) is 31.6. The lowest BCUT2D eigenvalue weighted by molar-refractivity contribution is -0.126. The summed E-state index contributed by atoms with van der Waals surface area (Å²) in [6.07, 6.45) is 3.03. The van der Waals surface area contributed by atoms with Crippen LogP contribution in [-0.4, -0.2) is 47.0 Å². The fourth-order valence-corrected chi connectivity index (χ4v) is 4.17. The minimum absolute atomic E-state index is 0.162. The number of aryl methyl sites for hydroxylation is 1. The van der Waals surface area contributed by atoms with Crippen LogP contribution >= 0.6 is 11.3 Å². The SMILES string of the molecule is Cc1ncsc1CCN1CCCC(C2(C)NC(=O)NC2=O)C1. The van der Waals surface area contributed by atoms with Crippen LogP contribution in [0.25, 0.3) is 0 Å². The van der Waals surface area contributed by atoms with Gasteiger partial charge in [-0.15, -0.1) is 11.3 Å². The smallest absolute Gasteiger partial charge is 0.322 e. The minimum Gasteiger partial charge on any atom is -0.323 e. The minimum atomic E-state index is -0.768. The molecule has 2 unspecified atom stereocenters. The number of nitrogens with zero attached hydrogens (tertiary/aromatic N) is 2. The van der Waals surface area contributed by atoms with Gasteiger partial charge in [-0.1, -0.05) is 0 Å². The number of amides is 3. The fraction of sp³-hybridized carbons (Fsp3) is 0.667. The zero-order chi connectivity index (χ0) is 15.7. The summed E-state index contributed by atoms with van der Waals surface area (Å²) in [7, 11) is 0. The maximum absolute atomic E-state index is 12.1. The summed E-state index contributed by atoms with van der Waals surface area (Å²) in [6, 6.07) is -0.370. The molecule has 0 bridgehead atoms. The first-order chi connectivity index (χ1) is 10.5. The van der Waals surface area contributed by atoms with Crippen LogP contribution < -0.4 is 10.6 Å². The summed E-state index contributed by atoms with van der Waals surface area (Å²) in [5, 5.41) is 5.18. The summed E-state index contributed by atoms with van der Waals surface area (Å²) >= 11 is 1.71. The predicted octanol–water partition coefficient (Wildman–Crippen LogP) is 1.30. The van der Waals surface area contributed by atoms with Gasteiger partial charge >= 0.3 is 6.03 Å². The van der Waals surface area contributed by atoms with Crippen molar-refractivity contribution >= 4 is 23.3 Å². The molecule has 1 aromatic rings. The van der Waals surface area contributed by atoms with Crippen LogP contribution in [0.2, 0.25) is 0 Å². The van der Waals surface area contributed by atoms with Crippen LogP contribution in [-0.2, 0) is 11.2 Å². The van der Waals surface area contributed by atoms with Crippen molar-refractivity contribution in [2.75, 3.05) is 19.6 Å². The molecular formula is C15H22N4O2S. The fourth-order valence-electron chi connectivity index (χ4n) is 3.40. The summed E-state index contributed by atoms with van der Waals surface area (Å²) < 4.78 is 0. The van der Waals surface area contributed by atoms with Gasteiger partial charge in [0, 0.05) is 23.9 Å². The van der Waals surface area contributed by atoms with Crippen molar-refractivity contribution in [3.05, 3.63) is 16.1 Å². The molecule has 0 saturated carbocycles. The number of imide groups is 1. The van der Waals surface area contributed by atoms with Crippen LogP contribution in [0.15, 0.2) is 5.51 Å². The molecule has 2 atom stereocenters. The molecule has 6 nitrogen and oxygen atoms in total. The van der Waals surface area contributed by atoms with Crippen LogP contribution in [0.4, 0.5) is 4.79 Å². The second-order valence-corrected chi connectivity index (χ2v) is 7.30. The number of thiazole rings is 1. The molecule has 3 rings (SSSR count). The van der Waals surface area contributed by atoms with Crippen molar-refractivity contribution in [3.63, 3.8) is 0 Å². The van der Waals surface area contributed by atoms with E-state index < -0.39 is 5.54 Å². The Bertz CT molecular complexity index is 588. The maximum atomic E-state index is 12.1. The Balaban J connectivity index is 1.61. The monoisotopic (exact) mass is 322 g/mol. The first-order valence-electron chi connectivity index (χ1n) is 7.74. The van der Waals surface area contributed by atoms with Crippen molar-refractivity contribution in [1.29, 1.82) is 0 Å². The molecule has 0 radical (unpaired) electrons. The predicted molar refractivity (Wildman–Crippen MR) is 84.8 cm³/mol. The number of piperidine rings is 1. The van der Waals surface area contributed by atoms with Crippen molar-refractivity contribution < 1.29 is 9.59 Å². The highest BCUT2D eigenvalue weighted by Gasteiger charge is 2.48. The second kappa shape index (κ2) is 5.96. The number of carbonyl (C=O) groups excluding carboxylic acids is 2. The number of aromatic nitrogens is 1. The van der Waals surface area contributed by atoms with E-state index in [4.69, 9.17) is 0 Å². The van der Waals surface area contributed by atoms with Gasteiger partial charge in [-0.3, -0.25) is 10.1 Å². The number of likely N-dealkylation sites (tertiary alicyclic amines) is 1. The first kappa shape index (κ1) is 15.4. The molecule has 3 heterocycles. The molecule has 0 aromatic carbocycles. The molecule has 2 fully saturated rings. The topological polar surface area (TPSA) is 74.3 Å². The van der Waals surface area contributed by atoms with Gasteiger partial charge in [-0.05, 0) is 39.7 Å². The van der Waals surface area contributed by atoms with Crippen LogP contribution in [0, 0.1) is 12.8 Å². The quantitative estimate of drug-likeness (QED) is 0.820. The Labute approximate surface area is 134 Å². The Morgan fingerprint density at radius 1 is 1.50 bits per heavy atom. The van der Waals surface area contributed by atoms with Crippen molar-refractivity contribution in [2.45, 2.75) is 38.6 Å². The van der Waals surface area contributed by atoms with E-state index in [9.17, 15) is 9.59 Å². The number of nitrogens with one attached hydrogen (secondary N) is 2. The molecule has 22 heavy (non-hydrogen) atoms.